The average Bonchev–Trinajstić information content (AvgIpc) is 3.47. The first-order chi connectivity index (χ1) is 15.5. The number of aliphatic hydroxyl groups excluding tert-OH is 1. The van der Waals surface area contributed by atoms with Crippen molar-refractivity contribution in [1.29, 1.82) is 0 Å². The van der Waals surface area contributed by atoms with E-state index in [4.69, 9.17) is 9.47 Å². The summed E-state index contributed by atoms with van der Waals surface area (Å²) in [6.07, 6.45) is -3.46. The first-order valence-electron chi connectivity index (χ1n) is 10.5. The van der Waals surface area contributed by atoms with E-state index in [1.165, 1.54) is 7.05 Å². The van der Waals surface area contributed by atoms with E-state index in [2.05, 4.69) is 5.10 Å². The number of alkyl halides is 3. The van der Waals surface area contributed by atoms with E-state index in [1.54, 1.807) is 26.0 Å². The molecule has 2 fully saturated rings. The SMILES string of the molecule is Cc1cc(Oc2c(C=O)c(C(F)(F)F)nn2C)cc(C)c1C1=C(O)[C@@H]2C3CCC(O3)[C@@H]2C1=O. The van der Waals surface area contributed by atoms with Gasteiger partial charge in [-0.3, -0.25) is 9.59 Å². The number of rotatable bonds is 4. The second kappa shape index (κ2) is 7.18. The van der Waals surface area contributed by atoms with E-state index in [-0.39, 0.29) is 59.1 Å². The Morgan fingerprint density at radius 1 is 1.18 bits per heavy atom. The van der Waals surface area contributed by atoms with Gasteiger partial charge in [0.15, 0.2) is 17.8 Å². The molecule has 2 unspecified atom stereocenters. The van der Waals surface area contributed by atoms with Crippen LogP contribution in [0.2, 0.25) is 0 Å². The van der Waals surface area contributed by atoms with Gasteiger partial charge in [0.05, 0.1) is 29.6 Å². The van der Waals surface area contributed by atoms with E-state index in [1.807, 2.05) is 0 Å². The number of ketones is 1. The lowest BCUT2D eigenvalue weighted by atomic mass is 9.80. The Labute approximate surface area is 186 Å². The molecule has 5 rings (SSSR count). The summed E-state index contributed by atoms with van der Waals surface area (Å²) in [5.74, 6) is -0.963. The summed E-state index contributed by atoms with van der Waals surface area (Å²) in [6.45, 7) is 3.46. The number of benzene rings is 1. The summed E-state index contributed by atoms with van der Waals surface area (Å²) in [7, 11) is 1.25. The summed E-state index contributed by atoms with van der Waals surface area (Å²) in [4.78, 5) is 24.6. The normalized spacial score (nSPS) is 26.3. The van der Waals surface area contributed by atoms with Crippen LogP contribution in [0.1, 0.15) is 45.6 Å². The van der Waals surface area contributed by atoms with Gasteiger partial charge >= 0.3 is 6.18 Å². The Balaban J connectivity index is 1.52. The van der Waals surface area contributed by atoms with Crippen molar-refractivity contribution in [3.63, 3.8) is 0 Å². The lowest BCUT2D eigenvalue weighted by molar-refractivity contribution is -0.141. The summed E-state index contributed by atoms with van der Waals surface area (Å²) >= 11 is 0. The number of hydrogen-bond donors (Lipinski definition) is 1. The molecule has 1 N–H and O–H groups in total. The van der Waals surface area contributed by atoms with E-state index >= 15 is 0 Å². The number of ether oxygens (including phenoxy) is 2. The summed E-state index contributed by atoms with van der Waals surface area (Å²) in [6, 6.07) is 3.12. The largest absolute Gasteiger partial charge is 0.511 e. The number of Topliss-reactive ketones (excluding diaryl/α,β-unsaturated/α-hetero) is 1. The van der Waals surface area contributed by atoms with Gasteiger partial charge in [-0.1, -0.05) is 0 Å². The molecule has 0 radical (unpaired) electrons. The number of halogens is 3. The fourth-order valence-electron chi connectivity index (χ4n) is 5.52. The third-order valence-corrected chi connectivity index (χ3v) is 6.78. The maximum atomic E-state index is 13.2. The van der Waals surface area contributed by atoms with Crippen LogP contribution in [0.3, 0.4) is 0 Å². The third kappa shape index (κ3) is 3.11. The number of aryl methyl sites for hydroxylation is 3. The van der Waals surface area contributed by atoms with Crippen LogP contribution in [-0.4, -0.2) is 39.2 Å². The second-order valence-electron chi connectivity index (χ2n) is 8.81. The molecule has 4 atom stereocenters. The molecule has 2 aliphatic heterocycles. The zero-order valence-corrected chi connectivity index (χ0v) is 18.1. The van der Waals surface area contributed by atoms with Crippen molar-refractivity contribution in [3.8, 4) is 11.6 Å². The number of hydrogen-bond acceptors (Lipinski definition) is 6. The second-order valence-corrected chi connectivity index (χ2v) is 8.81. The van der Waals surface area contributed by atoms with Gasteiger partial charge in [0.25, 0.3) is 0 Å². The highest BCUT2D eigenvalue weighted by molar-refractivity contribution is 6.26. The summed E-state index contributed by atoms with van der Waals surface area (Å²) in [5.41, 5.74) is 0.0579. The van der Waals surface area contributed by atoms with Crippen LogP contribution >= 0.6 is 0 Å². The van der Waals surface area contributed by atoms with E-state index in [0.717, 1.165) is 17.5 Å². The van der Waals surface area contributed by atoms with Gasteiger partial charge in [0.1, 0.15) is 17.1 Å². The molecule has 2 saturated heterocycles. The summed E-state index contributed by atoms with van der Waals surface area (Å²) in [5, 5.41) is 14.3. The van der Waals surface area contributed by atoms with Crippen molar-refractivity contribution in [2.24, 2.45) is 18.9 Å². The topological polar surface area (TPSA) is 90.7 Å². The molecule has 33 heavy (non-hydrogen) atoms. The maximum Gasteiger partial charge on any atom is 0.436 e. The molecular weight excluding hydrogens is 441 g/mol. The molecule has 7 nitrogen and oxygen atoms in total. The van der Waals surface area contributed by atoms with Gasteiger partial charge < -0.3 is 14.6 Å². The monoisotopic (exact) mass is 462 g/mol. The Morgan fingerprint density at radius 3 is 2.33 bits per heavy atom. The Hall–Kier alpha value is -3.14. The molecule has 1 aliphatic carbocycles. The van der Waals surface area contributed by atoms with Crippen LogP contribution in [0.15, 0.2) is 17.9 Å². The van der Waals surface area contributed by atoms with E-state index in [0.29, 0.717) is 16.7 Å². The van der Waals surface area contributed by atoms with Crippen LogP contribution in [0, 0.1) is 25.7 Å². The van der Waals surface area contributed by atoms with Crippen molar-refractivity contribution in [2.45, 2.75) is 45.1 Å². The van der Waals surface area contributed by atoms with Crippen molar-refractivity contribution in [3.05, 3.63) is 45.8 Å². The molecule has 3 heterocycles. The number of nitrogens with zero attached hydrogens (tertiary/aromatic N) is 2. The fourth-order valence-corrected chi connectivity index (χ4v) is 5.52. The predicted octanol–water partition coefficient (Wildman–Crippen LogP) is 4.31. The van der Waals surface area contributed by atoms with Crippen LogP contribution in [0.4, 0.5) is 13.2 Å². The van der Waals surface area contributed by atoms with Gasteiger partial charge in [0, 0.05) is 7.05 Å². The standard InChI is InChI=1S/C23H21F3N2O5/c1-9-6-11(32-22-12(8-29)21(23(24,25)26)27-28(22)3)7-10(2)15(9)18-19(30)16-13-4-5-14(33-13)17(16)20(18)31/h6-8,13-14,16-17,30H,4-5H2,1-3H3/t13?,14?,16-,17+/m1/s1. The third-order valence-electron chi connectivity index (χ3n) is 6.78. The first-order valence-corrected chi connectivity index (χ1v) is 10.5. The molecule has 1 aromatic heterocycles. The molecule has 0 amide bonds. The van der Waals surface area contributed by atoms with Crippen molar-refractivity contribution in [1.82, 2.24) is 9.78 Å². The number of fused-ring (bicyclic) bond motifs is 5. The first kappa shape index (κ1) is 21.7. The highest BCUT2D eigenvalue weighted by Crippen LogP contribution is 2.54. The zero-order valence-electron chi connectivity index (χ0n) is 18.1. The highest BCUT2D eigenvalue weighted by atomic mass is 19.4. The van der Waals surface area contributed by atoms with Crippen LogP contribution in [0.5, 0.6) is 11.6 Å². The van der Waals surface area contributed by atoms with E-state index < -0.39 is 17.4 Å². The quantitative estimate of drug-likeness (QED) is 0.682. The number of carbonyl (C=O) groups is 2. The van der Waals surface area contributed by atoms with Gasteiger partial charge in [-0.15, -0.1) is 0 Å². The number of aldehydes is 1. The molecule has 2 aromatic rings. The van der Waals surface area contributed by atoms with Gasteiger partial charge in [-0.05, 0) is 55.5 Å². The van der Waals surface area contributed by atoms with Gasteiger partial charge in [-0.25, -0.2) is 4.68 Å². The molecular formula is C23H21F3N2O5. The maximum absolute atomic E-state index is 13.2. The van der Waals surface area contributed by atoms with Crippen molar-refractivity contribution < 1.29 is 37.3 Å². The molecule has 174 valence electrons. The number of carbonyl (C=O) groups excluding carboxylic acids is 2. The minimum atomic E-state index is -4.81. The lowest BCUT2D eigenvalue weighted by Crippen LogP contribution is -2.29. The number of aromatic nitrogens is 2. The molecule has 1 aromatic carbocycles. The minimum Gasteiger partial charge on any atom is -0.511 e. The highest BCUT2D eigenvalue weighted by Gasteiger charge is 2.59. The van der Waals surface area contributed by atoms with Gasteiger partial charge in [0.2, 0.25) is 5.88 Å². The van der Waals surface area contributed by atoms with E-state index in [9.17, 15) is 27.9 Å². The van der Waals surface area contributed by atoms with Gasteiger partial charge in [-0.2, -0.15) is 18.3 Å². The van der Waals surface area contributed by atoms with Crippen molar-refractivity contribution >= 4 is 17.6 Å². The Bertz CT molecular complexity index is 1210. The molecule has 10 heteroatoms. The van der Waals surface area contributed by atoms with Crippen LogP contribution < -0.4 is 4.74 Å². The number of allylic oxidation sites excluding steroid dienone is 1. The Kier molecular flexibility index (Phi) is 4.72. The molecule has 2 bridgehead atoms. The zero-order chi connectivity index (χ0) is 23.8. The minimum absolute atomic E-state index is 0.0433. The molecule has 0 saturated carbocycles. The molecule has 0 spiro atoms. The predicted molar refractivity (Wildman–Crippen MR) is 109 cm³/mol. The average molecular weight is 462 g/mol. The van der Waals surface area contributed by atoms with Crippen LogP contribution in [0.25, 0.3) is 5.57 Å². The molecule has 3 aliphatic rings. The van der Waals surface area contributed by atoms with Crippen LogP contribution in [-0.2, 0) is 22.8 Å². The lowest BCUT2D eigenvalue weighted by Gasteiger charge is -2.19. The summed E-state index contributed by atoms with van der Waals surface area (Å²) < 4.78 is 51.9. The van der Waals surface area contributed by atoms with Crippen molar-refractivity contribution in [2.75, 3.05) is 0 Å². The smallest absolute Gasteiger partial charge is 0.436 e. The number of aliphatic hydroxyl groups is 1. The fraction of sp³-hybridized carbons (Fsp3) is 0.435. The Morgan fingerprint density at radius 2 is 1.79 bits per heavy atom.